The fourth-order valence-corrected chi connectivity index (χ4v) is 2.02. The molecule has 0 bridgehead atoms. The molecule has 16 heavy (non-hydrogen) atoms. The molecule has 0 saturated heterocycles. The van der Waals surface area contributed by atoms with Crippen LogP contribution in [0.2, 0.25) is 0 Å². The zero-order valence-electron chi connectivity index (χ0n) is 10.1. The SMILES string of the molecule is CNC(Cn1cc(S(C)(=O)=O)cn1)C(C)C. The highest BCUT2D eigenvalue weighted by atomic mass is 32.2. The van der Waals surface area contributed by atoms with Gasteiger partial charge in [-0.2, -0.15) is 5.10 Å². The summed E-state index contributed by atoms with van der Waals surface area (Å²) in [5.41, 5.74) is 0. The molecule has 0 aliphatic rings. The Morgan fingerprint density at radius 3 is 2.50 bits per heavy atom. The predicted molar refractivity (Wildman–Crippen MR) is 63.0 cm³/mol. The lowest BCUT2D eigenvalue weighted by atomic mass is 10.1. The maximum atomic E-state index is 11.3. The van der Waals surface area contributed by atoms with Crippen LogP contribution in [0.4, 0.5) is 0 Å². The fraction of sp³-hybridized carbons (Fsp3) is 0.700. The molecule has 6 heteroatoms. The molecule has 0 aliphatic heterocycles. The second-order valence-corrected chi connectivity index (χ2v) is 6.33. The Labute approximate surface area is 96.8 Å². The van der Waals surface area contributed by atoms with Gasteiger partial charge in [-0.1, -0.05) is 13.8 Å². The van der Waals surface area contributed by atoms with Gasteiger partial charge in [0, 0.05) is 18.5 Å². The Balaban J connectivity index is 2.80. The molecule has 0 radical (unpaired) electrons. The monoisotopic (exact) mass is 245 g/mol. The van der Waals surface area contributed by atoms with Crippen LogP contribution < -0.4 is 5.32 Å². The first-order chi connectivity index (χ1) is 7.34. The molecule has 0 fully saturated rings. The molecule has 1 atom stereocenters. The highest BCUT2D eigenvalue weighted by molar-refractivity contribution is 7.90. The van der Waals surface area contributed by atoms with Gasteiger partial charge < -0.3 is 5.32 Å². The van der Waals surface area contributed by atoms with E-state index in [1.54, 1.807) is 10.9 Å². The number of aromatic nitrogens is 2. The third kappa shape index (κ3) is 3.31. The first-order valence-corrected chi connectivity index (χ1v) is 7.13. The predicted octanol–water partition coefficient (Wildman–Crippen LogP) is 0.531. The van der Waals surface area contributed by atoms with Gasteiger partial charge in [0.2, 0.25) is 0 Å². The molecule has 0 amide bonds. The normalized spacial score (nSPS) is 14.3. The molecule has 1 unspecified atom stereocenters. The number of likely N-dealkylation sites (N-methyl/N-ethyl adjacent to an activating group) is 1. The largest absolute Gasteiger partial charge is 0.315 e. The lowest BCUT2D eigenvalue weighted by Gasteiger charge is -2.19. The van der Waals surface area contributed by atoms with Crippen molar-refractivity contribution in [2.45, 2.75) is 31.3 Å². The Morgan fingerprint density at radius 2 is 2.12 bits per heavy atom. The summed E-state index contributed by atoms with van der Waals surface area (Å²) in [6.45, 7) is 4.90. The Hall–Kier alpha value is -0.880. The van der Waals surface area contributed by atoms with Gasteiger partial charge in [0.05, 0.1) is 12.7 Å². The summed E-state index contributed by atoms with van der Waals surface area (Å²) < 4.78 is 24.2. The first-order valence-electron chi connectivity index (χ1n) is 5.24. The van der Waals surface area contributed by atoms with Crippen LogP contribution in [0.15, 0.2) is 17.3 Å². The minimum absolute atomic E-state index is 0.270. The van der Waals surface area contributed by atoms with Crippen LogP contribution in [0.3, 0.4) is 0 Å². The van der Waals surface area contributed by atoms with Crippen LogP contribution in [0.5, 0.6) is 0 Å². The second kappa shape index (κ2) is 4.97. The summed E-state index contributed by atoms with van der Waals surface area (Å²) in [5.74, 6) is 0.468. The van der Waals surface area contributed by atoms with Gasteiger partial charge >= 0.3 is 0 Å². The smallest absolute Gasteiger partial charge is 0.178 e. The lowest BCUT2D eigenvalue weighted by molar-refractivity contribution is 0.362. The average Bonchev–Trinajstić information content (AvgIpc) is 2.61. The van der Waals surface area contributed by atoms with Crippen molar-refractivity contribution in [1.29, 1.82) is 0 Å². The standard InChI is InChI=1S/C10H19N3O2S/c1-8(2)10(11-3)7-13-6-9(5-12-13)16(4,14)15/h5-6,8,10-11H,7H2,1-4H3. The van der Waals surface area contributed by atoms with Crippen molar-refractivity contribution in [3.05, 3.63) is 12.4 Å². The molecule has 0 spiro atoms. The van der Waals surface area contributed by atoms with Crippen molar-refractivity contribution in [2.75, 3.05) is 13.3 Å². The summed E-state index contributed by atoms with van der Waals surface area (Å²) in [7, 11) is -1.25. The quantitative estimate of drug-likeness (QED) is 0.822. The Morgan fingerprint density at radius 1 is 1.50 bits per heavy atom. The molecule has 1 rings (SSSR count). The zero-order valence-corrected chi connectivity index (χ0v) is 11.0. The summed E-state index contributed by atoms with van der Waals surface area (Å²) in [6.07, 6.45) is 4.15. The van der Waals surface area contributed by atoms with Crippen molar-refractivity contribution >= 4 is 9.84 Å². The first kappa shape index (κ1) is 13.2. The third-order valence-corrected chi connectivity index (χ3v) is 3.66. The van der Waals surface area contributed by atoms with Crippen LogP contribution in [-0.2, 0) is 16.4 Å². The summed E-state index contributed by atoms with van der Waals surface area (Å²) in [6, 6.07) is 0.285. The second-order valence-electron chi connectivity index (χ2n) is 4.31. The topological polar surface area (TPSA) is 64.0 Å². The number of nitrogens with zero attached hydrogens (tertiary/aromatic N) is 2. The van der Waals surface area contributed by atoms with Gasteiger partial charge in [-0.15, -0.1) is 0 Å². The molecule has 1 heterocycles. The lowest BCUT2D eigenvalue weighted by Crippen LogP contribution is -2.35. The van der Waals surface area contributed by atoms with Gasteiger partial charge in [-0.25, -0.2) is 8.42 Å². The Kier molecular flexibility index (Phi) is 4.09. The Bertz CT molecular complexity index is 437. The van der Waals surface area contributed by atoms with E-state index >= 15 is 0 Å². The van der Waals surface area contributed by atoms with Crippen LogP contribution in [-0.4, -0.2) is 37.5 Å². The molecule has 0 aliphatic carbocycles. The molecular weight excluding hydrogens is 226 g/mol. The van der Waals surface area contributed by atoms with E-state index in [2.05, 4.69) is 24.3 Å². The number of rotatable bonds is 5. The van der Waals surface area contributed by atoms with E-state index in [-0.39, 0.29) is 10.9 Å². The molecule has 0 saturated carbocycles. The minimum atomic E-state index is -3.15. The van der Waals surface area contributed by atoms with Crippen LogP contribution in [0, 0.1) is 5.92 Å². The van der Waals surface area contributed by atoms with Crippen LogP contribution in [0.25, 0.3) is 0 Å². The van der Waals surface area contributed by atoms with Crippen LogP contribution >= 0.6 is 0 Å². The molecule has 1 aromatic rings. The van der Waals surface area contributed by atoms with E-state index in [0.717, 1.165) is 0 Å². The molecule has 0 aromatic carbocycles. The minimum Gasteiger partial charge on any atom is -0.315 e. The summed E-state index contributed by atoms with van der Waals surface area (Å²) in [5, 5.41) is 7.24. The molecule has 1 N–H and O–H groups in total. The van der Waals surface area contributed by atoms with Gasteiger partial charge in [0.25, 0.3) is 0 Å². The maximum absolute atomic E-state index is 11.3. The van der Waals surface area contributed by atoms with E-state index in [1.165, 1.54) is 12.5 Å². The van der Waals surface area contributed by atoms with Crippen molar-refractivity contribution < 1.29 is 8.42 Å². The molecule has 1 aromatic heterocycles. The van der Waals surface area contributed by atoms with Crippen molar-refractivity contribution in [3.63, 3.8) is 0 Å². The highest BCUT2D eigenvalue weighted by Crippen LogP contribution is 2.09. The highest BCUT2D eigenvalue weighted by Gasteiger charge is 2.14. The number of hydrogen-bond donors (Lipinski definition) is 1. The number of nitrogens with one attached hydrogen (secondary N) is 1. The van der Waals surface area contributed by atoms with Crippen molar-refractivity contribution in [1.82, 2.24) is 15.1 Å². The maximum Gasteiger partial charge on any atom is 0.178 e. The summed E-state index contributed by atoms with van der Waals surface area (Å²) in [4.78, 5) is 0.270. The van der Waals surface area contributed by atoms with E-state index in [0.29, 0.717) is 12.5 Å². The van der Waals surface area contributed by atoms with Gasteiger partial charge in [-0.3, -0.25) is 4.68 Å². The zero-order chi connectivity index (χ0) is 12.3. The van der Waals surface area contributed by atoms with Gasteiger partial charge in [0.1, 0.15) is 4.90 Å². The van der Waals surface area contributed by atoms with E-state index in [4.69, 9.17) is 0 Å². The van der Waals surface area contributed by atoms with Gasteiger partial charge in [0.15, 0.2) is 9.84 Å². The van der Waals surface area contributed by atoms with E-state index in [9.17, 15) is 8.42 Å². The van der Waals surface area contributed by atoms with Crippen molar-refractivity contribution in [2.24, 2.45) is 5.92 Å². The van der Waals surface area contributed by atoms with Gasteiger partial charge in [-0.05, 0) is 13.0 Å². The number of sulfone groups is 1. The fourth-order valence-electron chi connectivity index (χ4n) is 1.47. The van der Waals surface area contributed by atoms with Crippen molar-refractivity contribution in [3.8, 4) is 0 Å². The molecule has 5 nitrogen and oxygen atoms in total. The van der Waals surface area contributed by atoms with E-state index < -0.39 is 9.84 Å². The third-order valence-electron chi connectivity index (χ3n) is 2.60. The van der Waals surface area contributed by atoms with E-state index in [1.807, 2.05) is 7.05 Å². The average molecular weight is 245 g/mol. The summed E-state index contributed by atoms with van der Waals surface area (Å²) >= 11 is 0. The molecule has 92 valence electrons. The number of hydrogen-bond acceptors (Lipinski definition) is 4. The molecular formula is C10H19N3O2S. The van der Waals surface area contributed by atoms with Crippen LogP contribution in [0.1, 0.15) is 13.8 Å².